The first-order valence-electron chi connectivity index (χ1n) is 7.77. The van der Waals surface area contributed by atoms with Gasteiger partial charge in [0.25, 0.3) is 5.91 Å². The molecule has 0 spiro atoms. The van der Waals surface area contributed by atoms with E-state index in [1.165, 1.54) is 0 Å². The molecule has 0 radical (unpaired) electrons. The predicted molar refractivity (Wildman–Crippen MR) is 86.0 cm³/mol. The Balaban J connectivity index is 1.99. The third kappa shape index (κ3) is 3.37. The Kier molecular flexibility index (Phi) is 5.00. The van der Waals surface area contributed by atoms with Crippen LogP contribution in [0.3, 0.4) is 0 Å². The molecule has 2 rings (SSSR count). The number of carbonyl (C=O) groups excluding carboxylic acids is 1. The number of aryl methyl sites for hydroxylation is 3. The minimum absolute atomic E-state index is 0.0757. The van der Waals surface area contributed by atoms with Crippen molar-refractivity contribution in [2.24, 2.45) is 0 Å². The van der Waals surface area contributed by atoms with E-state index in [4.69, 9.17) is 0 Å². The van der Waals surface area contributed by atoms with Gasteiger partial charge in [0.1, 0.15) is 0 Å². The van der Waals surface area contributed by atoms with Gasteiger partial charge in [0, 0.05) is 24.5 Å². The average Bonchev–Trinajstić information content (AvgIpc) is 3.00. The Labute approximate surface area is 131 Å². The number of hydrogen-bond acceptors (Lipinski definition) is 3. The standard InChI is InChI=1S/C16H25N5O/c1-6-7-20-14(5)15(10-18-20)16(22)17-9-13(4)21-12(3)8-11(2)19-21/h8,10,13H,6-7,9H2,1-5H3,(H,17,22). The van der Waals surface area contributed by atoms with Crippen LogP contribution in [0, 0.1) is 20.8 Å². The van der Waals surface area contributed by atoms with E-state index in [2.05, 4.69) is 22.4 Å². The van der Waals surface area contributed by atoms with Crippen LogP contribution in [-0.2, 0) is 6.54 Å². The molecule has 2 heterocycles. The van der Waals surface area contributed by atoms with Crippen molar-refractivity contribution in [3.8, 4) is 0 Å². The van der Waals surface area contributed by atoms with E-state index in [9.17, 15) is 4.79 Å². The molecule has 120 valence electrons. The lowest BCUT2D eigenvalue weighted by molar-refractivity contribution is 0.0947. The van der Waals surface area contributed by atoms with Gasteiger partial charge in [-0.2, -0.15) is 10.2 Å². The predicted octanol–water partition coefficient (Wildman–Crippen LogP) is 2.41. The topological polar surface area (TPSA) is 64.7 Å². The molecular weight excluding hydrogens is 278 g/mol. The molecule has 6 nitrogen and oxygen atoms in total. The molecule has 1 unspecified atom stereocenters. The van der Waals surface area contributed by atoms with Gasteiger partial charge in [0.05, 0.1) is 23.5 Å². The maximum absolute atomic E-state index is 12.3. The maximum atomic E-state index is 12.3. The Hall–Kier alpha value is -2.11. The zero-order valence-electron chi connectivity index (χ0n) is 14.1. The smallest absolute Gasteiger partial charge is 0.254 e. The van der Waals surface area contributed by atoms with Crippen LogP contribution in [0.15, 0.2) is 12.3 Å². The molecule has 0 fully saturated rings. The highest BCUT2D eigenvalue weighted by atomic mass is 16.1. The van der Waals surface area contributed by atoms with Gasteiger partial charge >= 0.3 is 0 Å². The van der Waals surface area contributed by atoms with Gasteiger partial charge in [0.15, 0.2) is 0 Å². The number of amides is 1. The number of aromatic nitrogens is 4. The Morgan fingerprint density at radius 1 is 1.36 bits per heavy atom. The first-order chi connectivity index (χ1) is 10.4. The maximum Gasteiger partial charge on any atom is 0.254 e. The van der Waals surface area contributed by atoms with Crippen molar-refractivity contribution in [1.29, 1.82) is 0 Å². The summed E-state index contributed by atoms with van der Waals surface area (Å²) in [5.74, 6) is -0.0757. The van der Waals surface area contributed by atoms with Crippen LogP contribution in [-0.4, -0.2) is 32.0 Å². The molecule has 0 bridgehead atoms. The fraction of sp³-hybridized carbons (Fsp3) is 0.562. The molecule has 1 atom stereocenters. The molecule has 0 saturated heterocycles. The van der Waals surface area contributed by atoms with Crippen molar-refractivity contribution >= 4 is 5.91 Å². The summed E-state index contributed by atoms with van der Waals surface area (Å²) in [6.07, 6.45) is 2.65. The first kappa shape index (κ1) is 16.3. The van der Waals surface area contributed by atoms with Crippen LogP contribution in [0.25, 0.3) is 0 Å². The van der Waals surface area contributed by atoms with Gasteiger partial charge in [-0.25, -0.2) is 0 Å². The summed E-state index contributed by atoms with van der Waals surface area (Å²) in [4.78, 5) is 12.3. The summed E-state index contributed by atoms with van der Waals surface area (Å²) in [6, 6.07) is 2.15. The average molecular weight is 303 g/mol. The highest BCUT2D eigenvalue weighted by molar-refractivity contribution is 5.95. The second-order valence-corrected chi connectivity index (χ2v) is 5.80. The molecule has 0 aliphatic carbocycles. The summed E-state index contributed by atoms with van der Waals surface area (Å²) in [6.45, 7) is 11.4. The summed E-state index contributed by atoms with van der Waals surface area (Å²) < 4.78 is 3.82. The van der Waals surface area contributed by atoms with Crippen LogP contribution in [0.4, 0.5) is 0 Å². The minimum atomic E-state index is -0.0757. The molecule has 2 aromatic heterocycles. The third-order valence-corrected chi connectivity index (χ3v) is 3.80. The van der Waals surface area contributed by atoms with Crippen molar-refractivity contribution < 1.29 is 4.79 Å². The SMILES string of the molecule is CCCn1ncc(C(=O)NCC(C)n2nc(C)cc2C)c1C. The van der Waals surface area contributed by atoms with Gasteiger partial charge in [-0.1, -0.05) is 6.92 Å². The molecule has 0 saturated carbocycles. The van der Waals surface area contributed by atoms with E-state index in [-0.39, 0.29) is 11.9 Å². The lowest BCUT2D eigenvalue weighted by atomic mass is 10.2. The zero-order valence-corrected chi connectivity index (χ0v) is 14.1. The summed E-state index contributed by atoms with van der Waals surface area (Å²) in [7, 11) is 0. The minimum Gasteiger partial charge on any atom is -0.350 e. The van der Waals surface area contributed by atoms with Crippen LogP contribution < -0.4 is 5.32 Å². The first-order valence-corrected chi connectivity index (χ1v) is 7.77. The van der Waals surface area contributed by atoms with Gasteiger partial charge in [-0.15, -0.1) is 0 Å². The number of rotatable bonds is 6. The van der Waals surface area contributed by atoms with Crippen molar-refractivity contribution in [3.05, 3.63) is 34.9 Å². The van der Waals surface area contributed by atoms with Crippen LogP contribution in [0.5, 0.6) is 0 Å². The molecule has 0 aliphatic rings. The van der Waals surface area contributed by atoms with Gasteiger partial charge in [0.2, 0.25) is 0 Å². The number of hydrogen-bond donors (Lipinski definition) is 1. The summed E-state index contributed by atoms with van der Waals surface area (Å²) in [5, 5.41) is 11.7. The van der Waals surface area contributed by atoms with E-state index in [0.29, 0.717) is 12.1 Å². The monoisotopic (exact) mass is 303 g/mol. The summed E-state index contributed by atoms with van der Waals surface area (Å²) in [5.41, 5.74) is 3.66. The van der Waals surface area contributed by atoms with Crippen LogP contribution >= 0.6 is 0 Å². The number of carbonyl (C=O) groups is 1. The molecule has 0 aliphatic heterocycles. The van der Waals surface area contributed by atoms with Crippen molar-refractivity contribution in [2.45, 2.75) is 53.6 Å². The van der Waals surface area contributed by atoms with E-state index in [1.807, 2.05) is 43.1 Å². The van der Waals surface area contributed by atoms with Crippen LogP contribution in [0.2, 0.25) is 0 Å². The summed E-state index contributed by atoms with van der Waals surface area (Å²) >= 11 is 0. The largest absolute Gasteiger partial charge is 0.350 e. The molecule has 6 heteroatoms. The molecule has 2 aromatic rings. The lowest BCUT2D eigenvalue weighted by Gasteiger charge is -2.15. The van der Waals surface area contributed by atoms with Crippen LogP contribution in [0.1, 0.15) is 53.7 Å². The molecule has 1 amide bonds. The van der Waals surface area contributed by atoms with E-state index >= 15 is 0 Å². The molecular formula is C16H25N5O. The van der Waals surface area contributed by atoms with Crippen molar-refractivity contribution in [3.63, 3.8) is 0 Å². The third-order valence-electron chi connectivity index (χ3n) is 3.80. The van der Waals surface area contributed by atoms with Crippen molar-refractivity contribution in [1.82, 2.24) is 24.9 Å². The number of nitrogens with zero attached hydrogens (tertiary/aromatic N) is 4. The number of nitrogens with one attached hydrogen (secondary N) is 1. The Morgan fingerprint density at radius 3 is 2.68 bits per heavy atom. The second kappa shape index (κ2) is 6.77. The Morgan fingerprint density at radius 2 is 2.09 bits per heavy atom. The zero-order chi connectivity index (χ0) is 16.3. The van der Waals surface area contributed by atoms with Gasteiger partial charge < -0.3 is 5.32 Å². The van der Waals surface area contributed by atoms with Crippen molar-refractivity contribution in [2.75, 3.05) is 6.54 Å². The fourth-order valence-electron chi connectivity index (χ4n) is 2.62. The highest BCUT2D eigenvalue weighted by Gasteiger charge is 2.16. The molecule has 22 heavy (non-hydrogen) atoms. The molecule has 0 aromatic carbocycles. The lowest BCUT2D eigenvalue weighted by Crippen LogP contribution is -2.30. The van der Waals surface area contributed by atoms with E-state index in [1.54, 1.807) is 6.20 Å². The second-order valence-electron chi connectivity index (χ2n) is 5.80. The fourth-order valence-corrected chi connectivity index (χ4v) is 2.62. The van der Waals surface area contributed by atoms with E-state index < -0.39 is 0 Å². The Bertz CT molecular complexity index is 656. The van der Waals surface area contributed by atoms with E-state index in [0.717, 1.165) is 30.0 Å². The van der Waals surface area contributed by atoms with Gasteiger partial charge in [-0.3, -0.25) is 14.2 Å². The molecule has 1 N–H and O–H groups in total. The highest BCUT2D eigenvalue weighted by Crippen LogP contribution is 2.11. The normalized spacial score (nSPS) is 12.4. The quantitative estimate of drug-likeness (QED) is 0.891. The van der Waals surface area contributed by atoms with Gasteiger partial charge in [-0.05, 0) is 40.2 Å².